The second-order valence-electron chi connectivity index (χ2n) is 12.0. The Bertz CT molecular complexity index is 2180. The van der Waals surface area contributed by atoms with E-state index in [1.165, 1.54) is 0 Å². The van der Waals surface area contributed by atoms with E-state index in [1.807, 2.05) is 71.6 Å². The van der Waals surface area contributed by atoms with Gasteiger partial charge in [-0.3, -0.25) is 9.59 Å². The zero-order chi connectivity index (χ0) is 34.1. The molecule has 2 amide bonds. The van der Waals surface area contributed by atoms with E-state index in [0.717, 1.165) is 45.1 Å². The maximum Gasteiger partial charge on any atom is 0.270 e. The first kappa shape index (κ1) is 32.3. The zero-order valence-corrected chi connectivity index (χ0v) is 28.5. The fraction of sp³-hybridized carbons (Fsp3) is 0.150. The lowest BCUT2D eigenvalue weighted by Crippen LogP contribution is -2.37. The molecule has 0 bridgehead atoms. The number of nitrogens with zero attached hydrogens (tertiary/aromatic N) is 2. The molecule has 0 unspecified atom stereocenters. The third kappa shape index (κ3) is 6.73. The van der Waals surface area contributed by atoms with Gasteiger partial charge in [0, 0.05) is 51.8 Å². The minimum Gasteiger partial charge on any atom is -0.493 e. The summed E-state index contributed by atoms with van der Waals surface area (Å²) in [5.41, 5.74) is 8.02. The lowest BCUT2D eigenvalue weighted by Gasteiger charge is -2.30. The number of nitrogens with one attached hydrogen (secondary N) is 1. The average Bonchev–Trinajstić information content (AvgIpc) is 3.49. The van der Waals surface area contributed by atoms with Crippen LogP contribution in [0.1, 0.15) is 37.5 Å². The molecule has 0 fully saturated rings. The Hall–Kier alpha value is -5.24. The van der Waals surface area contributed by atoms with Crippen molar-refractivity contribution in [2.24, 2.45) is 0 Å². The van der Waals surface area contributed by atoms with E-state index in [4.69, 9.17) is 32.7 Å². The molecule has 0 radical (unpaired) electrons. The van der Waals surface area contributed by atoms with Gasteiger partial charge in [-0.1, -0.05) is 53.5 Å². The Labute approximate surface area is 294 Å². The van der Waals surface area contributed by atoms with Crippen LogP contribution < -0.4 is 14.8 Å². The summed E-state index contributed by atoms with van der Waals surface area (Å²) in [5.74, 6) is 1.10. The van der Waals surface area contributed by atoms with E-state index >= 15 is 0 Å². The van der Waals surface area contributed by atoms with Crippen LogP contribution in [-0.4, -0.2) is 42.0 Å². The molecule has 1 aromatic heterocycles. The van der Waals surface area contributed by atoms with Crippen molar-refractivity contribution in [3.05, 3.63) is 147 Å². The van der Waals surface area contributed by atoms with E-state index in [-0.39, 0.29) is 11.8 Å². The Morgan fingerprint density at radius 1 is 0.735 bits per heavy atom. The molecular weight excluding hydrogens is 657 g/mol. The SMILES string of the molecule is COc1cc2c(cc1OC)CN(C(=O)c1cc3cc(-c4ccc(NC(=O)c5ccc(Cl)cc5)cc4)ccc3n1Cc1ccc(Cl)cc1)CC2. The van der Waals surface area contributed by atoms with Gasteiger partial charge in [-0.05, 0) is 113 Å². The van der Waals surface area contributed by atoms with E-state index in [0.29, 0.717) is 58.1 Å². The van der Waals surface area contributed by atoms with Crippen molar-refractivity contribution in [2.75, 3.05) is 26.1 Å². The molecule has 5 aromatic carbocycles. The molecule has 49 heavy (non-hydrogen) atoms. The first-order chi connectivity index (χ1) is 23.8. The molecule has 0 atom stereocenters. The minimum atomic E-state index is -0.207. The third-order valence-corrected chi connectivity index (χ3v) is 9.47. The summed E-state index contributed by atoms with van der Waals surface area (Å²) < 4.78 is 13.1. The average molecular weight is 691 g/mol. The fourth-order valence-electron chi connectivity index (χ4n) is 6.34. The number of amides is 2. The number of anilines is 1. The summed E-state index contributed by atoms with van der Waals surface area (Å²) in [6.45, 7) is 1.58. The number of ether oxygens (including phenoxy) is 2. The van der Waals surface area contributed by atoms with Gasteiger partial charge in [0.15, 0.2) is 11.5 Å². The largest absolute Gasteiger partial charge is 0.493 e. The van der Waals surface area contributed by atoms with Gasteiger partial charge in [0.2, 0.25) is 0 Å². The van der Waals surface area contributed by atoms with Crippen LogP contribution in [0.2, 0.25) is 10.0 Å². The highest BCUT2D eigenvalue weighted by molar-refractivity contribution is 6.31. The Kier molecular flexibility index (Phi) is 9.04. The number of halogens is 2. The number of methoxy groups -OCH3 is 2. The number of carbonyl (C=O) groups is 2. The van der Waals surface area contributed by atoms with Gasteiger partial charge in [0.1, 0.15) is 5.69 Å². The highest BCUT2D eigenvalue weighted by atomic mass is 35.5. The monoisotopic (exact) mass is 689 g/mol. The lowest BCUT2D eigenvalue weighted by molar-refractivity contribution is 0.0724. The predicted molar refractivity (Wildman–Crippen MR) is 195 cm³/mol. The number of benzene rings is 5. The van der Waals surface area contributed by atoms with Crippen LogP contribution in [0.5, 0.6) is 11.5 Å². The second-order valence-corrected chi connectivity index (χ2v) is 12.9. The standard InChI is InChI=1S/C40H33Cl2N3O4/c1-48-37-21-29-17-18-44(24-31(29)22-38(37)49-2)40(47)36-20-30-19-28(9-16-35(30)45(36)23-25-3-10-32(41)11-4-25)26-7-14-34(15-8-26)43-39(46)27-5-12-33(42)13-6-27/h3-16,19-22H,17-18,23-24H2,1-2H3,(H,43,46). The number of rotatable bonds is 8. The zero-order valence-electron chi connectivity index (χ0n) is 27.0. The maximum atomic E-state index is 14.3. The smallest absolute Gasteiger partial charge is 0.270 e. The summed E-state index contributed by atoms with van der Waals surface area (Å²) in [6.07, 6.45) is 0.721. The van der Waals surface area contributed by atoms with Crippen molar-refractivity contribution < 1.29 is 19.1 Å². The Balaban J connectivity index is 1.19. The molecule has 1 aliphatic heterocycles. The van der Waals surface area contributed by atoms with E-state index < -0.39 is 0 Å². The number of hydrogen-bond donors (Lipinski definition) is 1. The predicted octanol–water partition coefficient (Wildman–Crippen LogP) is 9.13. The van der Waals surface area contributed by atoms with E-state index in [1.54, 1.807) is 38.5 Å². The van der Waals surface area contributed by atoms with Gasteiger partial charge in [-0.2, -0.15) is 0 Å². The Morgan fingerprint density at radius 3 is 2.04 bits per heavy atom. The number of fused-ring (bicyclic) bond motifs is 2. The summed E-state index contributed by atoms with van der Waals surface area (Å²) >= 11 is 12.1. The summed E-state index contributed by atoms with van der Waals surface area (Å²) in [6, 6.07) is 34.4. The highest BCUT2D eigenvalue weighted by Gasteiger charge is 2.27. The van der Waals surface area contributed by atoms with Crippen molar-refractivity contribution in [3.8, 4) is 22.6 Å². The molecule has 2 heterocycles. The number of hydrogen-bond acceptors (Lipinski definition) is 4. The fourth-order valence-corrected chi connectivity index (χ4v) is 6.59. The van der Waals surface area contributed by atoms with E-state index in [9.17, 15) is 9.59 Å². The normalized spacial score (nSPS) is 12.4. The van der Waals surface area contributed by atoms with Gasteiger partial charge in [-0.15, -0.1) is 0 Å². The lowest BCUT2D eigenvalue weighted by atomic mass is 9.98. The molecule has 7 rings (SSSR count). The van der Waals surface area contributed by atoms with Crippen LogP contribution in [-0.2, 0) is 19.5 Å². The molecule has 1 aliphatic rings. The molecule has 0 spiro atoms. The Morgan fingerprint density at radius 2 is 1.37 bits per heavy atom. The van der Waals surface area contributed by atoms with Gasteiger partial charge in [0.25, 0.3) is 11.8 Å². The van der Waals surface area contributed by atoms with Crippen molar-refractivity contribution in [3.63, 3.8) is 0 Å². The quantitative estimate of drug-likeness (QED) is 0.173. The van der Waals surface area contributed by atoms with Crippen molar-refractivity contribution in [1.82, 2.24) is 9.47 Å². The van der Waals surface area contributed by atoms with Gasteiger partial charge in [0.05, 0.1) is 14.2 Å². The molecule has 1 N–H and O–H groups in total. The van der Waals surface area contributed by atoms with E-state index in [2.05, 4.69) is 28.1 Å². The van der Waals surface area contributed by atoms with Gasteiger partial charge in [-0.25, -0.2) is 0 Å². The van der Waals surface area contributed by atoms with Crippen LogP contribution in [0.25, 0.3) is 22.0 Å². The van der Waals surface area contributed by atoms with Crippen LogP contribution in [0.15, 0.2) is 109 Å². The van der Waals surface area contributed by atoms with Crippen molar-refractivity contribution >= 4 is 51.6 Å². The summed E-state index contributed by atoms with van der Waals surface area (Å²) in [7, 11) is 3.25. The van der Waals surface area contributed by atoms with Crippen molar-refractivity contribution in [2.45, 2.75) is 19.5 Å². The topological polar surface area (TPSA) is 72.8 Å². The van der Waals surface area contributed by atoms with Crippen LogP contribution in [0.4, 0.5) is 5.69 Å². The first-order valence-electron chi connectivity index (χ1n) is 15.9. The second kappa shape index (κ2) is 13.7. The summed E-state index contributed by atoms with van der Waals surface area (Å²) in [4.78, 5) is 28.9. The molecule has 7 nitrogen and oxygen atoms in total. The maximum absolute atomic E-state index is 14.3. The summed E-state index contributed by atoms with van der Waals surface area (Å²) in [5, 5.41) is 5.14. The third-order valence-electron chi connectivity index (χ3n) is 8.96. The molecule has 0 saturated carbocycles. The molecular formula is C40H33Cl2N3O4. The minimum absolute atomic E-state index is 0.0343. The number of carbonyl (C=O) groups excluding carboxylic acids is 2. The van der Waals surface area contributed by atoms with Crippen LogP contribution >= 0.6 is 23.2 Å². The van der Waals surface area contributed by atoms with Crippen LogP contribution in [0.3, 0.4) is 0 Å². The van der Waals surface area contributed by atoms with Crippen LogP contribution in [0, 0.1) is 0 Å². The first-order valence-corrected chi connectivity index (χ1v) is 16.6. The molecule has 246 valence electrons. The van der Waals surface area contributed by atoms with Crippen molar-refractivity contribution in [1.29, 1.82) is 0 Å². The highest BCUT2D eigenvalue weighted by Crippen LogP contribution is 2.35. The molecule has 9 heteroatoms. The molecule has 6 aromatic rings. The van der Waals surface area contributed by atoms with Gasteiger partial charge < -0.3 is 24.3 Å². The number of aromatic nitrogens is 1. The molecule has 0 aliphatic carbocycles. The van der Waals surface area contributed by atoms with Gasteiger partial charge >= 0.3 is 0 Å². The molecule has 0 saturated heterocycles.